The lowest BCUT2D eigenvalue weighted by molar-refractivity contribution is 0.628. The molecule has 24 heavy (non-hydrogen) atoms. The van der Waals surface area contributed by atoms with E-state index >= 15 is 0 Å². The highest BCUT2D eigenvalue weighted by atomic mass is 35.5. The molecule has 0 aliphatic heterocycles. The minimum atomic E-state index is -0.355. The number of hydrogen-bond acceptors (Lipinski definition) is 2. The Bertz CT molecular complexity index is 1060. The summed E-state index contributed by atoms with van der Waals surface area (Å²) in [5, 5.41) is 4.72. The van der Waals surface area contributed by atoms with Gasteiger partial charge in [-0.15, -0.1) is 0 Å². The van der Waals surface area contributed by atoms with Gasteiger partial charge in [-0.05, 0) is 49.4 Å². The van der Waals surface area contributed by atoms with E-state index in [9.17, 15) is 4.39 Å². The molecule has 0 aliphatic rings. The Morgan fingerprint density at radius 3 is 2.67 bits per heavy atom. The third kappa shape index (κ3) is 2.47. The van der Waals surface area contributed by atoms with Gasteiger partial charge >= 0.3 is 0 Å². The molecule has 4 aromatic rings. The van der Waals surface area contributed by atoms with Crippen LogP contribution in [-0.2, 0) is 7.05 Å². The lowest BCUT2D eigenvalue weighted by Gasteiger charge is -2.01. The molecular formula is C18H14ClFN4. The molecule has 0 aliphatic carbocycles. The standard InChI is InChI=1S/C18H14ClFN4/c1-10-7-18(24(2)23-10)15-6-5-14-17(22-15)9-16(21-14)12-4-3-11(20)8-13(12)19/h3-9,21H,1-2H3. The van der Waals surface area contributed by atoms with Gasteiger partial charge in [-0.3, -0.25) is 4.68 Å². The van der Waals surface area contributed by atoms with Crippen molar-refractivity contribution in [2.45, 2.75) is 6.92 Å². The molecule has 6 heteroatoms. The van der Waals surface area contributed by atoms with Gasteiger partial charge in [0.2, 0.25) is 0 Å². The van der Waals surface area contributed by atoms with Crippen LogP contribution in [0.1, 0.15) is 5.69 Å². The molecule has 4 nitrogen and oxygen atoms in total. The summed E-state index contributed by atoms with van der Waals surface area (Å²) < 4.78 is 15.0. The summed E-state index contributed by atoms with van der Waals surface area (Å²) in [7, 11) is 1.90. The molecule has 0 saturated heterocycles. The van der Waals surface area contributed by atoms with E-state index in [4.69, 9.17) is 16.6 Å². The summed E-state index contributed by atoms with van der Waals surface area (Å²) in [5.74, 6) is -0.355. The summed E-state index contributed by atoms with van der Waals surface area (Å²) in [6.45, 7) is 1.95. The molecule has 3 aromatic heterocycles. The minimum Gasteiger partial charge on any atom is -0.353 e. The molecule has 0 atom stereocenters. The van der Waals surface area contributed by atoms with Crippen molar-refractivity contribution in [3.05, 3.63) is 59.0 Å². The average molecular weight is 341 g/mol. The topological polar surface area (TPSA) is 46.5 Å². The first-order chi connectivity index (χ1) is 11.5. The quantitative estimate of drug-likeness (QED) is 0.573. The van der Waals surface area contributed by atoms with Crippen molar-refractivity contribution >= 4 is 22.6 Å². The van der Waals surface area contributed by atoms with Crippen molar-refractivity contribution in [1.82, 2.24) is 19.7 Å². The Labute approximate surface area is 142 Å². The second kappa shape index (κ2) is 5.46. The zero-order chi connectivity index (χ0) is 16.8. The number of nitrogens with zero attached hydrogens (tertiary/aromatic N) is 3. The minimum absolute atomic E-state index is 0.355. The van der Waals surface area contributed by atoms with Crippen LogP contribution in [0, 0.1) is 12.7 Å². The molecule has 1 N–H and O–H groups in total. The van der Waals surface area contributed by atoms with E-state index in [0.717, 1.165) is 39.4 Å². The summed E-state index contributed by atoms with van der Waals surface area (Å²) in [6.07, 6.45) is 0. The van der Waals surface area contributed by atoms with E-state index in [2.05, 4.69) is 10.1 Å². The van der Waals surface area contributed by atoms with E-state index in [1.54, 1.807) is 6.07 Å². The predicted molar refractivity (Wildman–Crippen MR) is 93.4 cm³/mol. The summed E-state index contributed by atoms with van der Waals surface area (Å²) >= 11 is 6.15. The fraction of sp³-hybridized carbons (Fsp3) is 0.111. The Hall–Kier alpha value is -2.66. The van der Waals surface area contributed by atoms with Gasteiger partial charge in [0.15, 0.2) is 0 Å². The van der Waals surface area contributed by atoms with Crippen LogP contribution in [0.25, 0.3) is 33.7 Å². The SMILES string of the molecule is Cc1cc(-c2ccc3[nH]c(-c4ccc(F)cc4Cl)cc3n2)n(C)n1. The van der Waals surface area contributed by atoms with Gasteiger partial charge in [-0.2, -0.15) is 5.10 Å². The van der Waals surface area contributed by atoms with Crippen molar-refractivity contribution in [2.75, 3.05) is 0 Å². The summed E-state index contributed by atoms with van der Waals surface area (Å²) in [5.41, 5.74) is 6.02. The molecule has 0 saturated carbocycles. The zero-order valence-corrected chi connectivity index (χ0v) is 13.9. The van der Waals surface area contributed by atoms with E-state index in [1.165, 1.54) is 12.1 Å². The largest absolute Gasteiger partial charge is 0.353 e. The van der Waals surface area contributed by atoms with Crippen molar-refractivity contribution in [3.8, 4) is 22.6 Å². The van der Waals surface area contributed by atoms with Gasteiger partial charge in [0.05, 0.1) is 33.1 Å². The van der Waals surface area contributed by atoms with E-state index in [1.807, 2.05) is 42.9 Å². The molecule has 0 bridgehead atoms. The molecule has 4 rings (SSSR count). The van der Waals surface area contributed by atoms with E-state index < -0.39 is 0 Å². The number of halogens is 2. The monoisotopic (exact) mass is 340 g/mol. The highest BCUT2D eigenvalue weighted by molar-refractivity contribution is 6.33. The van der Waals surface area contributed by atoms with Gasteiger partial charge in [0, 0.05) is 18.3 Å². The number of benzene rings is 1. The third-order valence-electron chi connectivity index (χ3n) is 3.96. The molecule has 0 unspecified atom stereocenters. The van der Waals surface area contributed by atoms with Gasteiger partial charge in [-0.25, -0.2) is 9.37 Å². The van der Waals surface area contributed by atoms with Crippen LogP contribution in [0.3, 0.4) is 0 Å². The second-order valence-electron chi connectivity index (χ2n) is 5.73. The number of pyridine rings is 1. The first-order valence-corrected chi connectivity index (χ1v) is 7.85. The normalized spacial score (nSPS) is 11.3. The summed E-state index contributed by atoms with van der Waals surface area (Å²) in [4.78, 5) is 7.98. The Morgan fingerprint density at radius 2 is 1.96 bits per heavy atom. The van der Waals surface area contributed by atoms with Crippen LogP contribution >= 0.6 is 11.6 Å². The zero-order valence-electron chi connectivity index (χ0n) is 13.1. The van der Waals surface area contributed by atoms with Crippen molar-refractivity contribution < 1.29 is 4.39 Å². The predicted octanol–water partition coefficient (Wildman–Crippen LogP) is 4.73. The average Bonchev–Trinajstić information content (AvgIpc) is 3.09. The van der Waals surface area contributed by atoms with Crippen LogP contribution in [0.4, 0.5) is 4.39 Å². The fourth-order valence-corrected chi connectivity index (χ4v) is 3.12. The fourth-order valence-electron chi connectivity index (χ4n) is 2.85. The van der Waals surface area contributed by atoms with E-state index in [0.29, 0.717) is 5.02 Å². The van der Waals surface area contributed by atoms with Gasteiger partial charge in [-0.1, -0.05) is 11.6 Å². The van der Waals surface area contributed by atoms with Crippen LogP contribution in [-0.4, -0.2) is 19.7 Å². The highest BCUT2D eigenvalue weighted by Gasteiger charge is 2.11. The number of aryl methyl sites for hydroxylation is 2. The van der Waals surface area contributed by atoms with Gasteiger partial charge in [0.25, 0.3) is 0 Å². The smallest absolute Gasteiger partial charge is 0.124 e. The van der Waals surface area contributed by atoms with Crippen LogP contribution in [0.2, 0.25) is 5.02 Å². The molecular weight excluding hydrogens is 327 g/mol. The van der Waals surface area contributed by atoms with Crippen LogP contribution in [0.5, 0.6) is 0 Å². The number of H-pyrrole nitrogens is 1. The molecule has 3 heterocycles. The number of hydrogen-bond donors (Lipinski definition) is 1. The first-order valence-electron chi connectivity index (χ1n) is 7.47. The molecule has 0 radical (unpaired) electrons. The lowest BCUT2D eigenvalue weighted by atomic mass is 10.1. The van der Waals surface area contributed by atoms with Gasteiger partial charge in [0.1, 0.15) is 5.82 Å². The number of aromatic amines is 1. The first kappa shape index (κ1) is 14.9. The maximum atomic E-state index is 13.2. The number of aromatic nitrogens is 4. The molecule has 0 fully saturated rings. The molecule has 0 spiro atoms. The summed E-state index contributed by atoms with van der Waals surface area (Å²) in [6, 6.07) is 12.2. The second-order valence-corrected chi connectivity index (χ2v) is 6.14. The third-order valence-corrected chi connectivity index (χ3v) is 4.27. The van der Waals surface area contributed by atoms with Crippen molar-refractivity contribution in [1.29, 1.82) is 0 Å². The highest BCUT2D eigenvalue weighted by Crippen LogP contribution is 2.31. The van der Waals surface area contributed by atoms with Gasteiger partial charge < -0.3 is 4.98 Å². The van der Waals surface area contributed by atoms with E-state index in [-0.39, 0.29) is 5.82 Å². The van der Waals surface area contributed by atoms with Crippen molar-refractivity contribution in [3.63, 3.8) is 0 Å². The maximum absolute atomic E-state index is 13.2. The Balaban J connectivity index is 1.83. The number of rotatable bonds is 2. The van der Waals surface area contributed by atoms with Crippen LogP contribution < -0.4 is 0 Å². The van der Waals surface area contributed by atoms with Crippen LogP contribution in [0.15, 0.2) is 42.5 Å². The molecule has 0 amide bonds. The number of fused-ring (bicyclic) bond motifs is 1. The Kier molecular flexibility index (Phi) is 3.39. The molecule has 1 aromatic carbocycles. The number of nitrogens with one attached hydrogen (secondary N) is 1. The molecule has 120 valence electrons. The lowest BCUT2D eigenvalue weighted by Crippen LogP contribution is -1.95. The Morgan fingerprint density at radius 1 is 1.12 bits per heavy atom. The van der Waals surface area contributed by atoms with Crippen molar-refractivity contribution in [2.24, 2.45) is 7.05 Å². The maximum Gasteiger partial charge on any atom is 0.124 e.